The molecular weight excluding hydrogens is 274 g/mol. The maximum Gasteiger partial charge on any atom is 0.221 e. The Kier molecular flexibility index (Phi) is 4.46. The first kappa shape index (κ1) is 15.1. The van der Waals surface area contributed by atoms with Gasteiger partial charge in [-0.2, -0.15) is 0 Å². The predicted octanol–water partition coefficient (Wildman–Crippen LogP) is 0.946. The van der Waals surface area contributed by atoms with Gasteiger partial charge < -0.3 is 10.3 Å². The first-order valence-electron chi connectivity index (χ1n) is 5.40. The second-order valence-electron chi connectivity index (χ2n) is 4.17. The Hall–Kier alpha value is -0.990. The highest BCUT2D eigenvalue weighted by molar-refractivity contribution is 7.93. The number of rotatable bonds is 5. The van der Waals surface area contributed by atoms with Gasteiger partial charge in [-0.1, -0.05) is 17.4 Å². The Bertz CT molecular complexity index is 531. The molecule has 0 aliphatic heterocycles. The Balaban J connectivity index is 2.96. The topological polar surface area (TPSA) is 98.2 Å². The van der Waals surface area contributed by atoms with Crippen molar-refractivity contribution in [3.8, 4) is 0 Å². The van der Waals surface area contributed by atoms with E-state index in [2.05, 4.69) is 9.88 Å². The van der Waals surface area contributed by atoms with Crippen LogP contribution in [0.2, 0.25) is 0 Å². The SMILES string of the molecule is Cc1noc(C)c1C(C)NS(=O)(=O)C(C)C(N)=S. The van der Waals surface area contributed by atoms with Crippen molar-refractivity contribution < 1.29 is 12.9 Å². The van der Waals surface area contributed by atoms with E-state index >= 15 is 0 Å². The van der Waals surface area contributed by atoms with E-state index < -0.39 is 21.3 Å². The fourth-order valence-electron chi connectivity index (χ4n) is 1.67. The van der Waals surface area contributed by atoms with Crippen molar-refractivity contribution in [2.45, 2.75) is 39.0 Å². The molecule has 0 fully saturated rings. The van der Waals surface area contributed by atoms with Crippen LogP contribution >= 0.6 is 12.2 Å². The van der Waals surface area contributed by atoms with E-state index in [1.165, 1.54) is 6.92 Å². The summed E-state index contributed by atoms with van der Waals surface area (Å²) in [5.41, 5.74) is 6.75. The Morgan fingerprint density at radius 3 is 2.39 bits per heavy atom. The van der Waals surface area contributed by atoms with Gasteiger partial charge in [-0.25, -0.2) is 13.1 Å². The lowest BCUT2D eigenvalue weighted by Crippen LogP contribution is -2.41. The normalized spacial score (nSPS) is 15.3. The molecule has 0 aliphatic carbocycles. The van der Waals surface area contributed by atoms with Crippen LogP contribution in [-0.2, 0) is 10.0 Å². The molecule has 18 heavy (non-hydrogen) atoms. The molecule has 0 spiro atoms. The molecule has 8 heteroatoms. The van der Waals surface area contributed by atoms with E-state index in [-0.39, 0.29) is 4.99 Å². The number of hydrogen-bond acceptors (Lipinski definition) is 5. The maximum absolute atomic E-state index is 12.0. The van der Waals surface area contributed by atoms with Crippen molar-refractivity contribution in [3.05, 3.63) is 17.0 Å². The summed E-state index contributed by atoms with van der Waals surface area (Å²) in [6, 6.07) is -0.446. The van der Waals surface area contributed by atoms with Crippen molar-refractivity contribution >= 4 is 27.2 Å². The standard InChI is InChI=1S/C10H17N3O3S2/c1-5-9(7(3)16-12-5)6(2)13-18(14,15)8(4)10(11)17/h6,8,13H,1-4H3,(H2,11,17). The lowest BCUT2D eigenvalue weighted by Gasteiger charge is -2.17. The first-order chi connectivity index (χ1) is 8.16. The lowest BCUT2D eigenvalue weighted by molar-refractivity contribution is 0.391. The van der Waals surface area contributed by atoms with Crippen molar-refractivity contribution in [2.75, 3.05) is 0 Å². The molecule has 0 amide bonds. The third-order valence-corrected chi connectivity index (χ3v) is 5.10. The van der Waals surface area contributed by atoms with Crippen molar-refractivity contribution in [2.24, 2.45) is 5.73 Å². The summed E-state index contributed by atoms with van der Waals surface area (Å²) in [5, 5.41) is 2.87. The van der Waals surface area contributed by atoms with Gasteiger partial charge in [0.1, 0.15) is 11.0 Å². The van der Waals surface area contributed by atoms with Gasteiger partial charge in [-0.3, -0.25) is 0 Å². The van der Waals surface area contributed by atoms with Crippen LogP contribution in [0.5, 0.6) is 0 Å². The number of hydrogen-bond donors (Lipinski definition) is 2. The van der Waals surface area contributed by atoms with Crippen LogP contribution in [-0.4, -0.2) is 23.8 Å². The van der Waals surface area contributed by atoms with Crippen LogP contribution in [0.4, 0.5) is 0 Å². The zero-order chi connectivity index (χ0) is 14.1. The minimum atomic E-state index is -3.60. The number of nitrogens with zero attached hydrogens (tertiary/aromatic N) is 1. The smallest absolute Gasteiger partial charge is 0.221 e. The van der Waals surface area contributed by atoms with Gasteiger partial charge in [-0.05, 0) is 27.7 Å². The van der Waals surface area contributed by atoms with Gasteiger partial charge in [0.25, 0.3) is 0 Å². The number of aromatic nitrogens is 1. The first-order valence-corrected chi connectivity index (χ1v) is 7.35. The molecule has 0 aromatic carbocycles. The third kappa shape index (κ3) is 3.06. The molecule has 1 aromatic heterocycles. The molecule has 1 rings (SSSR count). The summed E-state index contributed by atoms with van der Waals surface area (Å²) in [6.07, 6.45) is 0. The number of thiocarbonyl (C=S) groups is 1. The summed E-state index contributed by atoms with van der Waals surface area (Å²) in [5.74, 6) is 0.589. The molecule has 3 N–H and O–H groups in total. The van der Waals surface area contributed by atoms with Gasteiger partial charge in [0.15, 0.2) is 0 Å². The van der Waals surface area contributed by atoms with Crippen LogP contribution in [0.3, 0.4) is 0 Å². The van der Waals surface area contributed by atoms with Crippen molar-refractivity contribution in [1.82, 2.24) is 9.88 Å². The highest BCUT2D eigenvalue weighted by atomic mass is 32.2. The maximum atomic E-state index is 12.0. The van der Waals surface area contributed by atoms with Crippen LogP contribution in [0.1, 0.15) is 36.9 Å². The second kappa shape index (κ2) is 5.33. The monoisotopic (exact) mass is 291 g/mol. The molecule has 0 saturated carbocycles. The lowest BCUT2D eigenvalue weighted by atomic mass is 10.1. The Morgan fingerprint density at radius 2 is 2.00 bits per heavy atom. The number of nitrogens with one attached hydrogen (secondary N) is 1. The molecule has 2 unspecified atom stereocenters. The quantitative estimate of drug-likeness (QED) is 0.784. The van der Waals surface area contributed by atoms with E-state index in [1.807, 2.05) is 0 Å². The van der Waals surface area contributed by atoms with Gasteiger partial charge in [0, 0.05) is 11.6 Å². The Morgan fingerprint density at radius 1 is 1.44 bits per heavy atom. The molecule has 1 heterocycles. The molecule has 1 aromatic rings. The van der Waals surface area contributed by atoms with E-state index in [4.69, 9.17) is 22.5 Å². The van der Waals surface area contributed by atoms with Crippen molar-refractivity contribution in [3.63, 3.8) is 0 Å². The molecule has 6 nitrogen and oxygen atoms in total. The second-order valence-corrected chi connectivity index (χ2v) is 6.67. The average Bonchev–Trinajstić information content (AvgIpc) is 2.56. The zero-order valence-corrected chi connectivity index (χ0v) is 12.4. The highest BCUT2D eigenvalue weighted by Gasteiger charge is 2.27. The van der Waals surface area contributed by atoms with Gasteiger partial charge in [-0.15, -0.1) is 0 Å². The molecule has 0 radical (unpaired) electrons. The summed E-state index contributed by atoms with van der Waals surface area (Å²) < 4.78 is 31.5. The fraction of sp³-hybridized carbons (Fsp3) is 0.600. The van der Waals surface area contributed by atoms with Crippen molar-refractivity contribution in [1.29, 1.82) is 0 Å². The average molecular weight is 291 g/mol. The van der Waals surface area contributed by atoms with Crippen LogP contribution in [0.15, 0.2) is 4.52 Å². The Labute approximate surface area is 112 Å². The van der Waals surface area contributed by atoms with E-state index in [9.17, 15) is 8.42 Å². The molecule has 0 bridgehead atoms. The summed E-state index contributed by atoms with van der Waals surface area (Å²) >= 11 is 4.70. The predicted molar refractivity (Wildman–Crippen MR) is 72.7 cm³/mol. The summed E-state index contributed by atoms with van der Waals surface area (Å²) in [6.45, 7) is 6.66. The summed E-state index contributed by atoms with van der Waals surface area (Å²) in [7, 11) is -3.60. The molecule has 0 saturated heterocycles. The minimum absolute atomic E-state index is 0.0616. The molecule has 102 valence electrons. The summed E-state index contributed by atoms with van der Waals surface area (Å²) in [4.78, 5) is -0.0616. The molecule has 0 aliphatic rings. The number of sulfonamides is 1. The van der Waals surface area contributed by atoms with Gasteiger partial charge >= 0.3 is 0 Å². The number of nitrogens with two attached hydrogens (primary N) is 1. The van der Waals surface area contributed by atoms with Gasteiger partial charge in [0.2, 0.25) is 10.0 Å². The fourth-order valence-corrected chi connectivity index (χ4v) is 3.17. The van der Waals surface area contributed by atoms with Crippen LogP contribution in [0.25, 0.3) is 0 Å². The highest BCUT2D eigenvalue weighted by Crippen LogP contribution is 2.22. The van der Waals surface area contributed by atoms with Crippen LogP contribution < -0.4 is 10.5 Å². The number of aryl methyl sites for hydroxylation is 2. The van der Waals surface area contributed by atoms with Gasteiger partial charge in [0.05, 0.1) is 10.7 Å². The molecular formula is C10H17N3O3S2. The van der Waals surface area contributed by atoms with E-state index in [1.54, 1.807) is 20.8 Å². The van der Waals surface area contributed by atoms with E-state index in [0.717, 1.165) is 5.56 Å². The largest absolute Gasteiger partial charge is 0.392 e. The third-order valence-electron chi connectivity index (χ3n) is 2.73. The molecule has 2 atom stereocenters. The van der Waals surface area contributed by atoms with E-state index in [0.29, 0.717) is 11.5 Å². The van der Waals surface area contributed by atoms with Crippen LogP contribution in [0, 0.1) is 13.8 Å². The zero-order valence-electron chi connectivity index (χ0n) is 10.7. The minimum Gasteiger partial charge on any atom is -0.392 e.